The molecule has 156 valence electrons. The largest absolute Gasteiger partial charge is 0.507 e. The standard InChI is InChI=1S/C22H29N3O4/c1-4-25-15(3)13-18(26)19(21(25)27)20(17-7-6-10-23-14-17)24-11-8-16(9-12-24)22(28)29-5-2/h6-7,10,13-14,16,20,26H,4-5,8-9,11-12H2,1-3H3/t20-/m0/s1. The third-order valence-electron chi connectivity index (χ3n) is 5.63. The van der Waals surface area contributed by atoms with Crippen molar-refractivity contribution in [1.82, 2.24) is 14.5 Å². The van der Waals surface area contributed by atoms with E-state index in [0.29, 0.717) is 44.6 Å². The summed E-state index contributed by atoms with van der Waals surface area (Å²) in [6, 6.07) is 4.98. The Hall–Kier alpha value is -2.67. The SMILES string of the molecule is CCOC(=O)C1CCN([C@@H](c2cccnc2)c2c(O)cc(C)n(CC)c2=O)CC1. The fourth-order valence-electron chi connectivity index (χ4n) is 4.17. The number of aryl methyl sites for hydroxylation is 1. The molecule has 1 N–H and O–H groups in total. The van der Waals surface area contributed by atoms with Gasteiger partial charge in [0, 0.05) is 24.6 Å². The molecule has 1 atom stereocenters. The van der Waals surface area contributed by atoms with Gasteiger partial charge < -0.3 is 14.4 Å². The van der Waals surface area contributed by atoms with Gasteiger partial charge in [-0.05, 0) is 64.4 Å². The summed E-state index contributed by atoms with van der Waals surface area (Å²) in [6.07, 6.45) is 4.73. The average Bonchev–Trinajstić information content (AvgIpc) is 2.72. The van der Waals surface area contributed by atoms with Crippen molar-refractivity contribution in [2.75, 3.05) is 19.7 Å². The molecule has 0 aliphatic carbocycles. The van der Waals surface area contributed by atoms with Crippen molar-refractivity contribution in [2.24, 2.45) is 5.92 Å². The van der Waals surface area contributed by atoms with Gasteiger partial charge in [0.15, 0.2) is 0 Å². The molecule has 3 heterocycles. The predicted octanol–water partition coefficient (Wildman–Crippen LogP) is 2.64. The summed E-state index contributed by atoms with van der Waals surface area (Å²) in [5, 5.41) is 10.7. The predicted molar refractivity (Wildman–Crippen MR) is 110 cm³/mol. The molecule has 3 rings (SSSR count). The van der Waals surface area contributed by atoms with Crippen LogP contribution in [0.2, 0.25) is 0 Å². The monoisotopic (exact) mass is 399 g/mol. The van der Waals surface area contributed by atoms with E-state index in [9.17, 15) is 14.7 Å². The molecule has 0 bridgehead atoms. The molecular weight excluding hydrogens is 370 g/mol. The van der Waals surface area contributed by atoms with Crippen LogP contribution in [0.3, 0.4) is 0 Å². The highest BCUT2D eigenvalue weighted by Gasteiger charge is 2.34. The van der Waals surface area contributed by atoms with Crippen LogP contribution >= 0.6 is 0 Å². The number of aromatic hydroxyl groups is 1. The molecule has 2 aromatic heterocycles. The van der Waals surface area contributed by atoms with E-state index in [1.807, 2.05) is 32.9 Å². The Balaban J connectivity index is 1.99. The number of rotatable bonds is 6. The van der Waals surface area contributed by atoms with E-state index in [2.05, 4.69) is 9.88 Å². The number of hydrogen-bond donors (Lipinski definition) is 1. The van der Waals surface area contributed by atoms with Gasteiger partial charge in [0.2, 0.25) is 0 Å². The summed E-state index contributed by atoms with van der Waals surface area (Å²) < 4.78 is 6.84. The summed E-state index contributed by atoms with van der Waals surface area (Å²) in [5.74, 6) is -0.283. The van der Waals surface area contributed by atoms with Gasteiger partial charge in [-0.3, -0.25) is 19.5 Å². The van der Waals surface area contributed by atoms with E-state index in [-0.39, 0.29) is 23.2 Å². The minimum absolute atomic E-state index is 0.00132. The van der Waals surface area contributed by atoms with Gasteiger partial charge in [-0.15, -0.1) is 0 Å². The van der Waals surface area contributed by atoms with E-state index in [1.54, 1.807) is 23.0 Å². The van der Waals surface area contributed by atoms with Crippen LogP contribution in [-0.2, 0) is 16.1 Å². The Labute approximate surface area is 171 Å². The van der Waals surface area contributed by atoms with Crippen molar-refractivity contribution < 1.29 is 14.6 Å². The molecule has 0 unspecified atom stereocenters. The fraction of sp³-hybridized carbons (Fsp3) is 0.500. The van der Waals surface area contributed by atoms with Crippen LogP contribution in [0.5, 0.6) is 5.75 Å². The minimum atomic E-state index is -0.419. The zero-order valence-corrected chi connectivity index (χ0v) is 17.3. The third-order valence-corrected chi connectivity index (χ3v) is 5.63. The van der Waals surface area contributed by atoms with E-state index in [1.165, 1.54) is 0 Å². The highest BCUT2D eigenvalue weighted by Crippen LogP contribution is 2.35. The lowest BCUT2D eigenvalue weighted by Crippen LogP contribution is -2.42. The number of ether oxygens (including phenoxy) is 1. The minimum Gasteiger partial charge on any atom is -0.507 e. The highest BCUT2D eigenvalue weighted by molar-refractivity contribution is 5.72. The molecule has 0 saturated carbocycles. The fourth-order valence-corrected chi connectivity index (χ4v) is 4.17. The molecule has 0 radical (unpaired) electrons. The highest BCUT2D eigenvalue weighted by atomic mass is 16.5. The second kappa shape index (κ2) is 9.22. The van der Waals surface area contributed by atoms with Crippen molar-refractivity contribution in [1.29, 1.82) is 0 Å². The number of carbonyl (C=O) groups is 1. The van der Waals surface area contributed by atoms with Gasteiger partial charge in [0.25, 0.3) is 5.56 Å². The second-order valence-corrected chi connectivity index (χ2v) is 7.39. The number of nitrogens with zero attached hydrogens (tertiary/aromatic N) is 3. The second-order valence-electron chi connectivity index (χ2n) is 7.39. The molecule has 1 saturated heterocycles. The maximum atomic E-state index is 13.2. The van der Waals surface area contributed by atoms with Crippen LogP contribution in [0.15, 0.2) is 35.4 Å². The van der Waals surface area contributed by atoms with E-state index >= 15 is 0 Å². The zero-order valence-electron chi connectivity index (χ0n) is 17.3. The number of esters is 1. The number of likely N-dealkylation sites (tertiary alicyclic amines) is 1. The van der Waals surface area contributed by atoms with Crippen molar-refractivity contribution in [3.63, 3.8) is 0 Å². The maximum absolute atomic E-state index is 13.2. The lowest BCUT2D eigenvalue weighted by Gasteiger charge is -2.37. The molecule has 7 nitrogen and oxygen atoms in total. The molecule has 1 aliphatic heterocycles. The molecule has 1 fully saturated rings. The quantitative estimate of drug-likeness (QED) is 0.752. The average molecular weight is 399 g/mol. The summed E-state index contributed by atoms with van der Waals surface area (Å²) in [6.45, 7) is 7.71. The number of hydrogen-bond acceptors (Lipinski definition) is 6. The number of aromatic nitrogens is 2. The molecule has 7 heteroatoms. The Morgan fingerprint density at radius 1 is 1.34 bits per heavy atom. The normalized spacial score (nSPS) is 16.5. The Kier molecular flexibility index (Phi) is 6.69. The Morgan fingerprint density at radius 3 is 2.66 bits per heavy atom. The first-order chi connectivity index (χ1) is 14.0. The Bertz CT molecular complexity index is 902. The summed E-state index contributed by atoms with van der Waals surface area (Å²) >= 11 is 0. The first-order valence-corrected chi connectivity index (χ1v) is 10.2. The summed E-state index contributed by atoms with van der Waals surface area (Å²) in [5.41, 5.74) is 1.75. The lowest BCUT2D eigenvalue weighted by atomic mass is 9.91. The molecule has 0 aromatic carbocycles. The van der Waals surface area contributed by atoms with Crippen LogP contribution in [0.25, 0.3) is 0 Å². The van der Waals surface area contributed by atoms with Crippen molar-refractivity contribution in [2.45, 2.75) is 46.2 Å². The number of carbonyl (C=O) groups excluding carboxylic acids is 1. The van der Waals surface area contributed by atoms with Crippen LogP contribution in [0.4, 0.5) is 0 Å². The molecule has 0 spiro atoms. The zero-order chi connectivity index (χ0) is 21.0. The van der Waals surface area contributed by atoms with Crippen LogP contribution in [0, 0.1) is 12.8 Å². The van der Waals surface area contributed by atoms with Gasteiger partial charge in [-0.2, -0.15) is 0 Å². The van der Waals surface area contributed by atoms with Crippen LogP contribution < -0.4 is 5.56 Å². The van der Waals surface area contributed by atoms with Gasteiger partial charge in [-0.25, -0.2) is 0 Å². The van der Waals surface area contributed by atoms with E-state index in [4.69, 9.17) is 4.74 Å². The molecule has 1 aliphatic rings. The van der Waals surface area contributed by atoms with Crippen molar-refractivity contribution >= 4 is 5.97 Å². The molecule has 29 heavy (non-hydrogen) atoms. The number of pyridine rings is 2. The first-order valence-electron chi connectivity index (χ1n) is 10.2. The van der Waals surface area contributed by atoms with Gasteiger partial charge in [0.05, 0.1) is 24.1 Å². The third kappa shape index (κ3) is 4.34. The first kappa shape index (κ1) is 21.0. The molecular formula is C22H29N3O4. The molecule has 0 amide bonds. The van der Waals surface area contributed by atoms with Crippen molar-refractivity contribution in [3.05, 3.63) is 57.8 Å². The van der Waals surface area contributed by atoms with Gasteiger partial charge >= 0.3 is 5.97 Å². The maximum Gasteiger partial charge on any atom is 0.309 e. The topological polar surface area (TPSA) is 84.7 Å². The Morgan fingerprint density at radius 2 is 2.07 bits per heavy atom. The smallest absolute Gasteiger partial charge is 0.309 e. The lowest BCUT2D eigenvalue weighted by molar-refractivity contribution is -0.149. The van der Waals surface area contributed by atoms with Gasteiger partial charge in [0.1, 0.15) is 5.75 Å². The van der Waals surface area contributed by atoms with E-state index in [0.717, 1.165) is 11.3 Å². The summed E-state index contributed by atoms with van der Waals surface area (Å²) in [4.78, 5) is 31.7. The van der Waals surface area contributed by atoms with Crippen molar-refractivity contribution in [3.8, 4) is 5.75 Å². The summed E-state index contributed by atoms with van der Waals surface area (Å²) in [7, 11) is 0. The van der Waals surface area contributed by atoms with Crippen LogP contribution in [0.1, 0.15) is 49.6 Å². The molecule has 2 aromatic rings. The van der Waals surface area contributed by atoms with Gasteiger partial charge in [-0.1, -0.05) is 6.07 Å². The number of piperidine rings is 1. The van der Waals surface area contributed by atoms with Crippen LogP contribution in [-0.4, -0.2) is 45.2 Å². The van der Waals surface area contributed by atoms with E-state index < -0.39 is 6.04 Å².